The van der Waals surface area contributed by atoms with Crippen molar-refractivity contribution >= 4 is 39.1 Å². The first kappa shape index (κ1) is 18.7. The summed E-state index contributed by atoms with van der Waals surface area (Å²) in [6.07, 6.45) is 3.22. The van der Waals surface area contributed by atoms with Gasteiger partial charge in [0.15, 0.2) is 0 Å². The number of piperazine rings is 1. The molecule has 3 aliphatic rings. The molecule has 2 bridgehead atoms. The van der Waals surface area contributed by atoms with Crippen LogP contribution in [0.25, 0.3) is 10.2 Å². The highest BCUT2D eigenvalue weighted by Crippen LogP contribution is 2.57. The molecule has 4 heterocycles. The number of rotatable bonds is 3. The van der Waals surface area contributed by atoms with Gasteiger partial charge in [0.2, 0.25) is 0 Å². The third kappa shape index (κ3) is 2.96. The number of thiophene rings is 1. The lowest BCUT2D eigenvalue weighted by molar-refractivity contribution is 0.0619. The fourth-order valence-corrected chi connectivity index (χ4v) is 6.47. The van der Waals surface area contributed by atoms with Gasteiger partial charge in [-0.05, 0) is 61.2 Å². The molecule has 0 spiro atoms. The van der Waals surface area contributed by atoms with Crippen molar-refractivity contribution in [2.24, 2.45) is 0 Å². The molecule has 5 nitrogen and oxygen atoms in total. The summed E-state index contributed by atoms with van der Waals surface area (Å²) in [5.41, 5.74) is 2.97. The number of amides is 1. The quantitative estimate of drug-likeness (QED) is 0.654. The van der Waals surface area contributed by atoms with E-state index in [1.807, 2.05) is 19.1 Å². The average Bonchev–Trinajstić information content (AvgIpc) is 3.31. The van der Waals surface area contributed by atoms with Gasteiger partial charge >= 0.3 is 0 Å². The monoisotopic (exact) mass is 438 g/mol. The molecule has 1 saturated carbocycles. The standard InChI is InChI=1S/C23H23ClN4OS/c1-12-26-21(17-6-7-30-22(17)27-12)19-9-18(19)16-5-2-13(8-20(16)24)23(29)28-14-3-4-15(28)11-25-10-14/h2,5-8,14-15,18-19,25H,3-4,9-11H2,1H3. The number of nitrogens with one attached hydrogen (secondary N) is 1. The third-order valence-corrected chi connectivity index (χ3v) is 8.00. The van der Waals surface area contributed by atoms with Gasteiger partial charge in [-0.3, -0.25) is 4.79 Å². The zero-order chi connectivity index (χ0) is 20.4. The minimum absolute atomic E-state index is 0.121. The Labute approximate surface area is 184 Å². The minimum atomic E-state index is 0.121. The van der Waals surface area contributed by atoms with Gasteiger partial charge in [0.05, 0.1) is 5.69 Å². The largest absolute Gasteiger partial charge is 0.330 e. The summed E-state index contributed by atoms with van der Waals surface area (Å²) in [6, 6.07) is 8.65. The van der Waals surface area contributed by atoms with E-state index in [9.17, 15) is 4.79 Å². The summed E-state index contributed by atoms with van der Waals surface area (Å²) in [6.45, 7) is 3.75. The molecule has 4 atom stereocenters. The van der Waals surface area contributed by atoms with Crippen LogP contribution in [0.2, 0.25) is 5.02 Å². The van der Waals surface area contributed by atoms with E-state index >= 15 is 0 Å². The number of fused-ring (bicyclic) bond motifs is 3. The maximum absolute atomic E-state index is 13.2. The molecule has 7 heteroatoms. The molecule has 3 fully saturated rings. The molecule has 1 N–H and O–H groups in total. The fourth-order valence-electron chi connectivity index (χ4n) is 5.33. The number of aromatic nitrogens is 2. The minimum Gasteiger partial charge on any atom is -0.330 e. The fraction of sp³-hybridized carbons (Fsp3) is 0.435. The Morgan fingerprint density at radius 1 is 1.17 bits per heavy atom. The Kier molecular flexibility index (Phi) is 4.37. The van der Waals surface area contributed by atoms with Gasteiger partial charge in [0, 0.05) is 47.1 Å². The smallest absolute Gasteiger partial charge is 0.254 e. The lowest BCUT2D eigenvalue weighted by Gasteiger charge is -2.35. The van der Waals surface area contributed by atoms with Crippen molar-refractivity contribution in [1.29, 1.82) is 0 Å². The Hall–Kier alpha value is -2.02. The third-order valence-electron chi connectivity index (χ3n) is 6.87. The van der Waals surface area contributed by atoms with Gasteiger partial charge < -0.3 is 10.2 Å². The molecule has 3 aromatic rings. The van der Waals surface area contributed by atoms with Crippen molar-refractivity contribution in [3.05, 3.63) is 57.3 Å². The van der Waals surface area contributed by atoms with E-state index in [-0.39, 0.29) is 5.91 Å². The van der Waals surface area contributed by atoms with E-state index < -0.39 is 0 Å². The van der Waals surface area contributed by atoms with Crippen molar-refractivity contribution in [3.8, 4) is 0 Å². The summed E-state index contributed by atoms with van der Waals surface area (Å²) >= 11 is 8.36. The van der Waals surface area contributed by atoms with Crippen LogP contribution < -0.4 is 5.32 Å². The highest BCUT2D eigenvalue weighted by molar-refractivity contribution is 7.16. The number of carbonyl (C=O) groups is 1. The molecular weight excluding hydrogens is 416 g/mol. The zero-order valence-electron chi connectivity index (χ0n) is 16.8. The molecule has 1 aromatic carbocycles. The Bertz CT molecular complexity index is 1150. The van der Waals surface area contributed by atoms with Crippen molar-refractivity contribution in [2.45, 2.75) is 50.1 Å². The molecule has 30 heavy (non-hydrogen) atoms. The predicted molar refractivity (Wildman–Crippen MR) is 120 cm³/mol. The molecule has 2 aliphatic heterocycles. The van der Waals surface area contributed by atoms with Crippen molar-refractivity contribution < 1.29 is 4.79 Å². The molecule has 1 amide bonds. The second-order valence-electron chi connectivity index (χ2n) is 8.74. The van der Waals surface area contributed by atoms with Crippen LogP contribution in [-0.2, 0) is 0 Å². The Morgan fingerprint density at radius 2 is 1.97 bits per heavy atom. The molecule has 154 valence electrons. The molecule has 4 unspecified atom stereocenters. The van der Waals surface area contributed by atoms with Crippen LogP contribution in [0.5, 0.6) is 0 Å². The highest BCUT2D eigenvalue weighted by atomic mass is 35.5. The highest BCUT2D eigenvalue weighted by Gasteiger charge is 2.44. The second kappa shape index (κ2) is 7.01. The summed E-state index contributed by atoms with van der Waals surface area (Å²) in [5, 5.41) is 7.37. The molecular formula is C23H23ClN4OS. The Balaban J connectivity index is 1.26. The Morgan fingerprint density at radius 3 is 2.73 bits per heavy atom. The van der Waals surface area contributed by atoms with E-state index in [0.29, 0.717) is 34.5 Å². The lowest BCUT2D eigenvalue weighted by atomic mass is 10.0. The normalized spacial score (nSPS) is 27.6. The zero-order valence-corrected chi connectivity index (χ0v) is 18.3. The first-order chi connectivity index (χ1) is 14.6. The second-order valence-corrected chi connectivity index (χ2v) is 10.0. The van der Waals surface area contributed by atoms with Crippen LogP contribution in [0, 0.1) is 6.92 Å². The summed E-state index contributed by atoms with van der Waals surface area (Å²) in [5.74, 6) is 1.67. The molecule has 2 saturated heterocycles. The van der Waals surface area contributed by atoms with Gasteiger partial charge in [-0.1, -0.05) is 17.7 Å². The van der Waals surface area contributed by atoms with Crippen molar-refractivity contribution in [2.75, 3.05) is 13.1 Å². The lowest BCUT2D eigenvalue weighted by Crippen LogP contribution is -2.54. The SMILES string of the molecule is Cc1nc(C2CC2c2ccc(C(=O)N3C4CCC3CNC4)cc2Cl)c2ccsc2n1. The van der Waals surface area contributed by atoms with E-state index in [0.717, 1.165) is 59.7 Å². The number of hydrogen-bond donors (Lipinski definition) is 1. The number of benzene rings is 1. The first-order valence-corrected chi connectivity index (χ1v) is 11.9. The molecule has 0 radical (unpaired) electrons. The molecule has 2 aromatic heterocycles. The summed E-state index contributed by atoms with van der Waals surface area (Å²) < 4.78 is 0. The summed E-state index contributed by atoms with van der Waals surface area (Å²) in [4.78, 5) is 25.6. The van der Waals surface area contributed by atoms with Crippen LogP contribution >= 0.6 is 22.9 Å². The summed E-state index contributed by atoms with van der Waals surface area (Å²) in [7, 11) is 0. The predicted octanol–water partition coefficient (Wildman–Crippen LogP) is 4.50. The van der Waals surface area contributed by atoms with Gasteiger partial charge in [0.1, 0.15) is 10.7 Å². The van der Waals surface area contributed by atoms with Crippen LogP contribution in [0.15, 0.2) is 29.6 Å². The van der Waals surface area contributed by atoms with Gasteiger partial charge in [-0.15, -0.1) is 11.3 Å². The first-order valence-electron chi connectivity index (χ1n) is 10.6. The number of hydrogen-bond acceptors (Lipinski definition) is 5. The van der Waals surface area contributed by atoms with Gasteiger partial charge in [-0.25, -0.2) is 9.97 Å². The molecule has 6 rings (SSSR count). The molecule has 1 aliphatic carbocycles. The van der Waals surface area contributed by atoms with Crippen LogP contribution in [0.1, 0.15) is 58.5 Å². The number of aryl methyl sites for hydroxylation is 1. The van der Waals surface area contributed by atoms with Gasteiger partial charge in [-0.2, -0.15) is 0 Å². The van der Waals surface area contributed by atoms with Crippen LogP contribution in [0.4, 0.5) is 0 Å². The number of halogens is 1. The van der Waals surface area contributed by atoms with Crippen LogP contribution in [0.3, 0.4) is 0 Å². The maximum atomic E-state index is 13.2. The maximum Gasteiger partial charge on any atom is 0.254 e. The topological polar surface area (TPSA) is 58.1 Å². The van der Waals surface area contributed by atoms with Crippen molar-refractivity contribution in [1.82, 2.24) is 20.2 Å². The average molecular weight is 439 g/mol. The van der Waals surface area contributed by atoms with Crippen LogP contribution in [-0.4, -0.2) is 45.9 Å². The van der Waals surface area contributed by atoms with E-state index in [1.54, 1.807) is 11.3 Å². The van der Waals surface area contributed by atoms with E-state index in [2.05, 4.69) is 32.7 Å². The van der Waals surface area contributed by atoms with E-state index in [4.69, 9.17) is 16.6 Å². The number of nitrogens with zero attached hydrogens (tertiary/aromatic N) is 3. The van der Waals surface area contributed by atoms with Crippen molar-refractivity contribution in [3.63, 3.8) is 0 Å². The van der Waals surface area contributed by atoms with E-state index in [1.165, 1.54) is 0 Å². The number of carbonyl (C=O) groups excluding carboxylic acids is 1. The van der Waals surface area contributed by atoms with Gasteiger partial charge in [0.25, 0.3) is 5.91 Å².